The fraction of sp³-hybridized carbons (Fsp3) is 0.536. The van der Waals surface area contributed by atoms with Crippen LogP contribution >= 0.6 is 0 Å². The van der Waals surface area contributed by atoms with Crippen LogP contribution in [-0.4, -0.2) is 62.1 Å². The van der Waals surface area contributed by atoms with Crippen LogP contribution in [0.3, 0.4) is 0 Å². The first-order valence-electron chi connectivity index (χ1n) is 13.2. The van der Waals surface area contributed by atoms with Crippen molar-refractivity contribution in [3.63, 3.8) is 0 Å². The Hall–Kier alpha value is -2.73. The Kier molecular flexibility index (Phi) is 8.85. The van der Waals surface area contributed by atoms with E-state index in [1.807, 2.05) is 32.9 Å². The molecule has 3 N–H and O–H groups in total. The van der Waals surface area contributed by atoms with Gasteiger partial charge < -0.3 is 19.7 Å². The number of anilines is 1. The molecule has 1 aliphatic heterocycles. The monoisotopic (exact) mass is 560 g/mol. The minimum atomic E-state index is -1.50. The van der Waals surface area contributed by atoms with E-state index in [0.29, 0.717) is 23.6 Å². The van der Waals surface area contributed by atoms with Gasteiger partial charge in [-0.2, -0.15) is 0 Å². The summed E-state index contributed by atoms with van der Waals surface area (Å²) >= 11 is -1.50. The van der Waals surface area contributed by atoms with Crippen molar-refractivity contribution in [2.75, 3.05) is 19.0 Å². The molecule has 212 valence electrons. The van der Waals surface area contributed by atoms with E-state index < -0.39 is 51.6 Å². The first kappa shape index (κ1) is 29.3. The highest BCUT2D eigenvalue weighted by molar-refractivity contribution is 7.90. The van der Waals surface area contributed by atoms with Crippen molar-refractivity contribution in [1.29, 1.82) is 0 Å². The molecule has 1 saturated carbocycles. The van der Waals surface area contributed by atoms with Crippen molar-refractivity contribution in [1.82, 2.24) is 14.6 Å². The fourth-order valence-corrected chi connectivity index (χ4v) is 5.81. The summed E-state index contributed by atoms with van der Waals surface area (Å²) in [6.07, 6.45) is 3.86. The van der Waals surface area contributed by atoms with E-state index >= 15 is 4.39 Å². The van der Waals surface area contributed by atoms with Crippen molar-refractivity contribution in [2.24, 2.45) is 5.92 Å². The Morgan fingerprint density at radius 1 is 1.26 bits per heavy atom. The highest BCUT2D eigenvalue weighted by Crippen LogP contribution is 2.42. The molecule has 0 bridgehead atoms. The molecule has 2 heterocycles. The number of hydrogen-bond acceptors (Lipinski definition) is 6. The number of carbonyl (C=O) groups is 2. The molecule has 2 aromatic rings. The van der Waals surface area contributed by atoms with Gasteiger partial charge in [-0.15, -0.1) is 4.72 Å². The van der Waals surface area contributed by atoms with Crippen LogP contribution in [0, 0.1) is 11.7 Å². The molecule has 4 atom stereocenters. The number of carboxylic acid groups (broad SMARTS) is 1. The summed E-state index contributed by atoms with van der Waals surface area (Å²) in [5.41, 5.74) is 0.144. The summed E-state index contributed by atoms with van der Waals surface area (Å²) in [6, 6.07) is 8.93. The van der Waals surface area contributed by atoms with Gasteiger partial charge in [0.25, 0.3) is 0 Å². The molecule has 1 aromatic carbocycles. The smallest absolute Gasteiger partial charge is 0.408 e. The zero-order valence-corrected chi connectivity index (χ0v) is 23.6. The maximum atomic E-state index is 15.1. The maximum Gasteiger partial charge on any atom is 0.408 e. The Morgan fingerprint density at radius 3 is 2.59 bits per heavy atom. The number of aromatic nitrogens is 1. The number of likely N-dealkylation sites (tertiary alicyclic amines) is 1. The van der Waals surface area contributed by atoms with E-state index in [4.69, 9.17) is 4.74 Å². The number of methoxy groups -OCH3 is 1. The van der Waals surface area contributed by atoms with Crippen LogP contribution in [-0.2, 0) is 26.4 Å². The Morgan fingerprint density at radius 2 is 2.00 bits per heavy atom. The third kappa shape index (κ3) is 6.71. The van der Waals surface area contributed by atoms with Crippen molar-refractivity contribution in [3.05, 3.63) is 59.7 Å². The number of rotatable bonds is 10. The van der Waals surface area contributed by atoms with Crippen molar-refractivity contribution < 1.29 is 28.4 Å². The topological polar surface area (TPSA) is 127 Å². The van der Waals surface area contributed by atoms with Crippen LogP contribution in [0.2, 0.25) is 0 Å². The predicted molar refractivity (Wildman–Crippen MR) is 147 cm³/mol. The summed E-state index contributed by atoms with van der Waals surface area (Å²) in [5, 5.41) is 12.2. The van der Waals surface area contributed by atoms with Gasteiger partial charge in [0.15, 0.2) is 0 Å². The Labute approximate surface area is 231 Å². The van der Waals surface area contributed by atoms with Gasteiger partial charge in [-0.25, -0.2) is 9.18 Å². The molecule has 11 heteroatoms. The standard InChI is InChI=1S/C28H37FN4O5S/c1-27(2,3)39(37)32-28(13-12-18-8-9-18,24-7-5-6-14-30-24)19-10-11-21(29)22(15-19)31-25(34)23-16-20(38-4)17-33(23)26(35)36/h5-7,10-11,14-15,18,20,23,32H,8-9,12-13,16-17H2,1-4H3,(H,31,34)(H,35,36)/t20-,23-,28+,39+/m1/s1. The number of benzene rings is 1. The molecule has 4 rings (SSSR count). The number of ether oxygens (including phenoxy) is 1. The number of pyridine rings is 1. The van der Waals surface area contributed by atoms with Crippen LogP contribution in [0.15, 0.2) is 42.6 Å². The van der Waals surface area contributed by atoms with E-state index in [2.05, 4.69) is 15.0 Å². The molecule has 2 amide bonds. The lowest BCUT2D eigenvalue weighted by Gasteiger charge is -2.38. The predicted octanol–water partition coefficient (Wildman–Crippen LogP) is 4.41. The van der Waals surface area contributed by atoms with Gasteiger partial charge in [0, 0.05) is 31.1 Å². The number of nitrogens with one attached hydrogen (secondary N) is 2. The molecule has 1 saturated heterocycles. The third-order valence-electron chi connectivity index (χ3n) is 7.41. The largest absolute Gasteiger partial charge is 0.598 e. The lowest BCUT2D eigenvalue weighted by atomic mass is 9.82. The molecule has 1 aromatic heterocycles. The fourth-order valence-electron chi connectivity index (χ4n) is 4.87. The van der Waals surface area contributed by atoms with Gasteiger partial charge in [0.05, 0.1) is 24.0 Å². The number of halogens is 1. The molecule has 39 heavy (non-hydrogen) atoms. The average Bonchev–Trinajstić information content (AvgIpc) is 3.62. The molecule has 0 radical (unpaired) electrons. The first-order valence-corrected chi connectivity index (χ1v) is 14.3. The summed E-state index contributed by atoms with van der Waals surface area (Å²) in [4.78, 5) is 30.5. The molecular formula is C28H37FN4O5S. The van der Waals surface area contributed by atoms with E-state index in [1.165, 1.54) is 19.2 Å². The average molecular weight is 561 g/mol. The van der Waals surface area contributed by atoms with Gasteiger partial charge in [0.1, 0.15) is 22.1 Å². The zero-order valence-electron chi connectivity index (χ0n) is 22.8. The first-order chi connectivity index (χ1) is 18.4. The quantitative estimate of drug-likeness (QED) is 0.367. The second-order valence-corrected chi connectivity index (χ2v) is 13.3. The maximum absolute atomic E-state index is 15.1. The van der Waals surface area contributed by atoms with Gasteiger partial charge in [0.2, 0.25) is 5.91 Å². The van der Waals surface area contributed by atoms with Crippen LogP contribution in [0.5, 0.6) is 0 Å². The highest BCUT2D eigenvalue weighted by atomic mass is 32.2. The summed E-state index contributed by atoms with van der Waals surface area (Å²) in [5.74, 6) is -0.736. The molecule has 0 unspecified atom stereocenters. The number of amides is 2. The minimum absolute atomic E-state index is 0.0545. The lowest BCUT2D eigenvalue weighted by Crippen LogP contribution is -2.52. The van der Waals surface area contributed by atoms with Crippen molar-refractivity contribution >= 4 is 29.0 Å². The van der Waals surface area contributed by atoms with Crippen LogP contribution in [0.1, 0.15) is 64.1 Å². The van der Waals surface area contributed by atoms with E-state index in [-0.39, 0.29) is 18.7 Å². The van der Waals surface area contributed by atoms with Gasteiger partial charge in [-0.05, 0) is 69.4 Å². The molecule has 2 fully saturated rings. The summed E-state index contributed by atoms with van der Waals surface area (Å²) in [7, 11) is 1.46. The number of carbonyl (C=O) groups excluding carboxylic acids is 1. The normalized spacial score (nSPS) is 21.8. The van der Waals surface area contributed by atoms with Crippen LogP contribution in [0.25, 0.3) is 0 Å². The molecule has 2 aliphatic rings. The highest BCUT2D eigenvalue weighted by Gasteiger charge is 2.45. The van der Waals surface area contributed by atoms with Gasteiger partial charge in [-0.1, -0.05) is 25.0 Å². The third-order valence-corrected chi connectivity index (χ3v) is 9.06. The van der Waals surface area contributed by atoms with E-state index in [9.17, 15) is 19.2 Å². The summed E-state index contributed by atoms with van der Waals surface area (Å²) in [6.45, 7) is 5.68. The second kappa shape index (κ2) is 11.8. The van der Waals surface area contributed by atoms with Crippen LogP contribution < -0.4 is 10.0 Å². The molecule has 9 nitrogen and oxygen atoms in total. The SMILES string of the molecule is CO[C@@H]1C[C@H](C(=O)Nc2cc([C@](CCC3CC3)(N[S@@+]([O-])C(C)(C)C)c3ccccn3)ccc2F)N(C(=O)O)C1. The van der Waals surface area contributed by atoms with Crippen molar-refractivity contribution in [3.8, 4) is 0 Å². The molecule has 1 aliphatic carbocycles. The Bertz CT molecular complexity index is 1180. The zero-order chi connectivity index (χ0) is 28.4. The van der Waals surface area contributed by atoms with Crippen LogP contribution in [0.4, 0.5) is 14.9 Å². The summed E-state index contributed by atoms with van der Waals surface area (Å²) < 4.78 is 36.7. The molecular weight excluding hydrogens is 523 g/mol. The minimum Gasteiger partial charge on any atom is -0.598 e. The lowest BCUT2D eigenvalue weighted by molar-refractivity contribution is -0.120. The number of hydrogen-bond donors (Lipinski definition) is 3. The van der Waals surface area contributed by atoms with Crippen molar-refractivity contribution in [2.45, 2.75) is 75.3 Å². The van der Waals surface area contributed by atoms with Gasteiger partial charge in [-0.3, -0.25) is 14.7 Å². The second-order valence-electron chi connectivity index (χ2n) is 11.3. The number of nitrogens with zero attached hydrogens (tertiary/aromatic N) is 2. The Balaban J connectivity index is 1.73. The molecule has 0 spiro atoms. The van der Waals surface area contributed by atoms with Gasteiger partial charge >= 0.3 is 6.09 Å². The van der Waals surface area contributed by atoms with E-state index in [1.54, 1.807) is 18.3 Å². The van der Waals surface area contributed by atoms with E-state index in [0.717, 1.165) is 24.2 Å².